The van der Waals surface area contributed by atoms with Gasteiger partial charge in [-0.2, -0.15) is 4.98 Å². The predicted molar refractivity (Wildman–Crippen MR) is 88.6 cm³/mol. The summed E-state index contributed by atoms with van der Waals surface area (Å²) in [6, 6.07) is 5.93. The quantitative estimate of drug-likeness (QED) is 0.776. The maximum absolute atomic E-state index is 5.62. The Bertz CT molecular complexity index is 665. The minimum Gasteiger partial charge on any atom is -0.493 e. The molecule has 0 amide bonds. The van der Waals surface area contributed by atoms with Crippen LogP contribution in [0.5, 0.6) is 11.5 Å². The Kier molecular flexibility index (Phi) is 5.35. The van der Waals surface area contributed by atoms with Crippen LogP contribution in [0.1, 0.15) is 43.0 Å². The first kappa shape index (κ1) is 16.8. The monoisotopic (exact) mass is 332 g/mol. The van der Waals surface area contributed by atoms with Crippen LogP contribution < -0.4 is 9.47 Å². The Morgan fingerprint density at radius 1 is 1.25 bits per heavy atom. The van der Waals surface area contributed by atoms with Crippen LogP contribution in [0.2, 0.25) is 0 Å². The molecule has 1 aromatic carbocycles. The maximum atomic E-state index is 5.62. The van der Waals surface area contributed by atoms with Crippen LogP contribution in [-0.4, -0.2) is 37.1 Å². The number of ether oxygens (including phenoxy) is 3. The highest BCUT2D eigenvalue weighted by molar-refractivity contribution is 5.43. The van der Waals surface area contributed by atoms with E-state index in [2.05, 4.69) is 17.1 Å². The van der Waals surface area contributed by atoms with E-state index in [0.717, 1.165) is 55.2 Å². The van der Waals surface area contributed by atoms with Crippen molar-refractivity contribution in [2.75, 3.05) is 20.8 Å². The molecule has 0 bridgehead atoms. The zero-order valence-corrected chi connectivity index (χ0v) is 14.4. The van der Waals surface area contributed by atoms with Crippen molar-refractivity contribution in [1.29, 1.82) is 0 Å². The SMILES string of the molecule is COc1ccc(C[C@@H](C)c2nc(C[C@@H]3CCCO3)no2)cc1OC. The molecule has 6 heteroatoms. The van der Waals surface area contributed by atoms with Crippen LogP contribution in [0.15, 0.2) is 22.7 Å². The molecular formula is C18H24N2O4. The number of rotatable bonds is 7. The number of nitrogens with zero attached hydrogens (tertiary/aromatic N) is 2. The summed E-state index contributed by atoms with van der Waals surface area (Å²) in [6.07, 6.45) is 3.95. The third-order valence-corrected chi connectivity index (χ3v) is 4.33. The lowest BCUT2D eigenvalue weighted by molar-refractivity contribution is 0.109. The van der Waals surface area contributed by atoms with Gasteiger partial charge in [-0.3, -0.25) is 0 Å². The van der Waals surface area contributed by atoms with Crippen LogP contribution in [0.3, 0.4) is 0 Å². The topological polar surface area (TPSA) is 66.6 Å². The zero-order chi connectivity index (χ0) is 16.9. The van der Waals surface area contributed by atoms with Crippen molar-refractivity contribution in [2.24, 2.45) is 0 Å². The lowest BCUT2D eigenvalue weighted by atomic mass is 10.0. The highest BCUT2D eigenvalue weighted by atomic mass is 16.5. The Labute approximate surface area is 142 Å². The molecule has 1 aliphatic rings. The number of hydrogen-bond donors (Lipinski definition) is 0. The Morgan fingerprint density at radius 2 is 2.08 bits per heavy atom. The van der Waals surface area contributed by atoms with E-state index < -0.39 is 0 Å². The normalized spacial score (nSPS) is 18.5. The van der Waals surface area contributed by atoms with E-state index >= 15 is 0 Å². The molecule has 3 rings (SSSR count). The largest absolute Gasteiger partial charge is 0.493 e. The first-order chi connectivity index (χ1) is 11.7. The average Bonchev–Trinajstić information content (AvgIpc) is 3.27. The summed E-state index contributed by atoms with van der Waals surface area (Å²) in [5, 5.41) is 4.09. The summed E-state index contributed by atoms with van der Waals surface area (Å²) >= 11 is 0. The molecule has 0 radical (unpaired) electrons. The summed E-state index contributed by atoms with van der Waals surface area (Å²) in [7, 11) is 3.27. The van der Waals surface area contributed by atoms with Crippen LogP contribution >= 0.6 is 0 Å². The van der Waals surface area contributed by atoms with Crippen LogP contribution in [0.4, 0.5) is 0 Å². The highest BCUT2D eigenvalue weighted by Crippen LogP contribution is 2.30. The van der Waals surface area contributed by atoms with Gasteiger partial charge in [-0.1, -0.05) is 18.1 Å². The average molecular weight is 332 g/mol. The standard InChI is InChI=1S/C18H24N2O4/c1-12(9-13-6-7-15(21-2)16(10-13)22-3)18-19-17(20-24-18)11-14-5-4-8-23-14/h6-7,10,12,14H,4-5,8-9,11H2,1-3H3/t12-,14+/m1/s1. The second kappa shape index (κ2) is 7.66. The molecule has 2 atom stereocenters. The van der Waals surface area contributed by atoms with Crippen molar-refractivity contribution < 1.29 is 18.7 Å². The molecule has 0 unspecified atom stereocenters. The molecule has 1 fully saturated rings. The van der Waals surface area contributed by atoms with Gasteiger partial charge in [0.25, 0.3) is 0 Å². The van der Waals surface area contributed by atoms with Gasteiger partial charge < -0.3 is 18.7 Å². The lowest BCUT2D eigenvalue weighted by Crippen LogP contribution is -2.10. The van der Waals surface area contributed by atoms with Crippen LogP contribution in [0, 0.1) is 0 Å². The third kappa shape index (κ3) is 3.87. The van der Waals surface area contributed by atoms with E-state index in [1.165, 1.54) is 0 Å². The molecule has 0 aliphatic carbocycles. The van der Waals surface area contributed by atoms with Crippen molar-refractivity contribution in [1.82, 2.24) is 10.1 Å². The molecule has 0 saturated carbocycles. The summed E-state index contributed by atoms with van der Waals surface area (Å²) in [4.78, 5) is 4.53. The van der Waals surface area contributed by atoms with E-state index in [9.17, 15) is 0 Å². The molecule has 6 nitrogen and oxygen atoms in total. The van der Waals surface area contributed by atoms with Crippen LogP contribution in [-0.2, 0) is 17.6 Å². The summed E-state index contributed by atoms with van der Waals surface area (Å²) < 4.78 is 21.7. The first-order valence-electron chi connectivity index (χ1n) is 8.34. The summed E-state index contributed by atoms with van der Waals surface area (Å²) in [5.74, 6) is 2.99. The second-order valence-electron chi connectivity index (χ2n) is 6.18. The molecule has 1 aliphatic heterocycles. The van der Waals surface area contributed by atoms with Crippen molar-refractivity contribution in [3.05, 3.63) is 35.5 Å². The summed E-state index contributed by atoms with van der Waals surface area (Å²) in [6.45, 7) is 2.92. The Morgan fingerprint density at radius 3 is 2.79 bits per heavy atom. The summed E-state index contributed by atoms with van der Waals surface area (Å²) in [5.41, 5.74) is 1.14. The minimum absolute atomic E-state index is 0.133. The molecular weight excluding hydrogens is 308 g/mol. The van der Waals surface area contributed by atoms with Gasteiger partial charge in [0.1, 0.15) is 0 Å². The van der Waals surface area contributed by atoms with E-state index in [1.807, 2.05) is 18.2 Å². The van der Waals surface area contributed by atoms with Gasteiger partial charge in [-0.15, -0.1) is 0 Å². The smallest absolute Gasteiger partial charge is 0.229 e. The number of benzene rings is 1. The van der Waals surface area contributed by atoms with Gasteiger partial charge in [0.2, 0.25) is 5.89 Å². The van der Waals surface area contributed by atoms with Gasteiger partial charge in [-0.05, 0) is 37.0 Å². The van der Waals surface area contributed by atoms with E-state index in [0.29, 0.717) is 5.89 Å². The number of methoxy groups -OCH3 is 2. The number of hydrogen-bond acceptors (Lipinski definition) is 6. The van der Waals surface area contributed by atoms with Crippen molar-refractivity contribution in [2.45, 2.75) is 44.6 Å². The Balaban J connectivity index is 1.64. The maximum Gasteiger partial charge on any atom is 0.229 e. The second-order valence-corrected chi connectivity index (χ2v) is 6.18. The van der Waals surface area contributed by atoms with Gasteiger partial charge in [0.15, 0.2) is 17.3 Å². The molecule has 1 aromatic heterocycles. The minimum atomic E-state index is 0.133. The van der Waals surface area contributed by atoms with Crippen LogP contribution in [0.25, 0.3) is 0 Å². The van der Waals surface area contributed by atoms with Crippen molar-refractivity contribution in [3.63, 3.8) is 0 Å². The molecule has 2 heterocycles. The first-order valence-corrected chi connectivity index (χ1v) is 8.34. The van der Waals surface area contributed by atoms with Gasteiger partial charge in [-0.25, -0.2) is 0 Å². The van der Waals surface area contributed by atoms with E-state index in [-0.39, 0.29) is 12.0 Å². The van der Waals surface area contributed by atoms with Gasteiger partial charge >= 0.3 is 0 Å². The third-order valence-electron chi connectivity index (χ3n) is 4.33. The fraction of sp³-hybridized carbons (Fsp3) is 0.556. The van der Waals surface area contributed by atoms with E-state index in [4.69, 9.17) is 18.7 Å². The fourth-order valence-electron chi connectivity index (χ4n) is 3.01. The van der Waals surface area contributed by atoms with Crippen molar-refractivity contribution in [3.8, 4) is 11.5 Å². The zero-order valence-electron chi connectivity index (χ0n) is 14.4. The fourth-order valence-corrected chi connectivity index (χ4v) is 3.01. The lowest BCUT2D eigenvalue weighted by Gasteiger charge is -2.11. The highest BCUT2D eigenvalue weighted by Gasteiger charge is 2.21. The van der Waals surface area contributed by atoms with Crippen molar-refractivity contribution >= 4 is 0 Å². The molecule has 24 heavy (non-hydrogen) atoms. The predicted octanol–water partition coefficient (Wildman–Crippen LogP) is 3.15. The molecule has 2 aromatic rings. The molecule has 130 valence electrons. The van der Waals surface area contributed by atoms with Gasteiger partial charge in [0, 0.05) is 18.9 Å². The Hall–Kier alpha value is -2.08. The molecule has 1 saturated heterocycles. The number of aromatic nitrogens is 2. The van der Waals surface area contributed by atoms with E-state index in [1.54, 1.807) is 14.2 Å². The molecule has 0 N–H and O–H groups in total. The molecule has 0 spiro atoms. The van der Waals surface area contributed by atoms with Gasteiger partial charge in [0.05, 0.1) is 20.3 Å².